The quantitative estimate of drug-likeness (QED) is 0.186. The van der Waals surface area contributed by atoms with Crippen LogP contribution in [0.25, 0.3) is 0 Å². The van der Waals surface area contributed by atoms with E-state index in [1.54, 1.807) is 0 Å². The third kappa shape index (κ3) is 4.71. The maximum absolute atomic E-state index is 5.50. The van der Waals surface area contributed by atoms with Crippen LogP contribution in [0.4, 0.5) is 0 Å². The van der Waals surface area contributed by atoms with Crippen LogP contribution in [0.3, 0.4) is 0 Å². The lowest BCUT2D eigenvalue weighted by Gasteiger charge is -2.32. The van der Waals surface area contributed by atoms with Crippen molar-refractivity contribution in [1.82, 2.24) is 4.98 Å². The van der Waals surface area contributed by atoms with Gasteiger partial charge in [0, 0.05) is 6.20 Å². The molecule has 7 rings (SSSR count). The lowest BCUT2D eigenvalue weighted by molar-refractivity contribution is 1.40. The molecule has 1 heterocycles. The molecular weight excluding hydrogens is 568 g/mol. The van der Waals surface area contributed by atoms with Gasteiger partial charge < -0.3 is 0 Å². The number of pyridine rings is 1. The Balaban J connectivity index is 1.71. The smallest absolute Gasteiger partial charge is 0.218 e. The Labute approximate surface area is 261 Å². The molecule has 0 amide bonds. The Morgan fingerprint density at radius 3 is 0.841 bits per heavy atom. The number of rotatable bonds is 8. The van der Waals surface area contributed by atoms with Crippen LogP contribution < -0.4 is 42.6 Å². The van der Waals surface area contributed by atoms with Gasteiger partial charge in [-0.3, -0.25) is 0 Å². The molecule has 0 atom stereocenters. The zero-order valence-electron chi connectivity index (χ0n) is 24.4. The topological polar surface area (TPSA) is 12.9 Å². The predicted octanol–water partition coefficient (Wildman–Crippen LogP) is 6.32. The van der Waals surface area contributed by atoms with E-state index in [-0.39, 0.29) is 0 Å². The summed E-state index contributed by atoms with van der Waals surface area (Å²) >= 11 is 0. The van der Waals surface area contributed by atoms with Crippen LogP contribution in [-0.4, -0.2) is 4.98 Å². The number of hydrogen-bond donors (Lipinski definition) is 0. The highest BCUT2D eigenvalue weighted by molar-refractivity contribution is 8.06. The van der Waals surface area contributed by atoms with Gasteiger partial charge in [0.05, 0.1) is 0 Å². The van der Waals surface area contributed by atoms with E-state index in [1.807, 2.05) is 6.20 Å². The third-order valence-electron chi connectivity index (χ3n) is 8.31. The number of hydrogen-bond acceptors (Lipinski definition) is 1. The van der Waals surface area contributed by atoms with E-state index in [2.05, 4.69) is 194 Å². The molecule has 0 aliphatic heterocycles. The highest BCUT2D eigenvalue weighted by Crippen LogP contribution is 2.59. The highest BCUT2D eigenvalue weighted by atomic mass is 31.2. The Bertz CT molecular complexity index is 1590. The van der Waals surface area contributed by atoms with Gasteiger partial charge in [-0.05, 0) is 84.9 Å². The van der Waals surface area contributed by atoms with Crippen LogP contribution in [0.1, 0.15) is 0 Å². The monoisotopic (exact) mass is 601 g/mol. The molecule has 0 saturated carbocycles. The zero-order chi connectivity index (χ0) is 29.7. The van der Waals surface area contributed by atoms with Crippen molar-refractivity contribution in [1.29, 1.82) is 0 Å². The molecule has 0 radical (unpaired) electrons. The summed E-state index contributed by atoms with van der Waals surface area (Å²) in [5.74, 6) is 0. The first-order chi connectivity index (χ1) is 21.9. The summed E-state index contributed by atoms with van der Waals surface area (Å²) in [6.45, 7) is 0. The van der Waals surface area contributed by atoms with Gasteiger partial charge in [0.2, 0.25) is 5.44 Å². The van der Waals surface area contributed by atoms with Crippen LogP contribution in [0, 0.1) is 0 Å². The Morgan fingerprint density at radius 2 is 0.545 bits per heavy atom. The molecule has 0 unspecified atom stereocenters. The molecule has 0 spiro atoms. The summed E-state index contributed by atoms with van der Waals surface area (Å²) in [4.78, 5) is 5.50. The first-order valence-electron chi connectivity index (χ1n) is 14.9. The Morgan fingerprint density at radius 1 is 0.273 bits per heavy atom. The minimum Gasteiger partial charge on any atom is -0.218 e. The lowest BCUT2D eigenvalue weighted by atomic mass is 10.3. The molecule has 1 aromatic heterocycles. The normalized spacial score (nSPS) is 11.6. The minimum absolute atomic E-state index is 1.16. The lowest BCUT2D eigenvalue weighted by Crippen LogP contribution is -2.51. The van der Waals surface area contributed by atoms with Crippen LogP contribution >= 0.6 is 14.5 Å². The van der Waals surface area contributed by atoms with Crippen molar-refractivity contribution in [3.8, 4) is 0 Å². The van der Waals surface area contributed by atoms with Gasteiger partial charge in [-0.25, -0.2) is 4.98 Å². The molecule has 0 N–H and O–H groups in total. The molecule has 0 fully saturated rings. The summed E-state index contributed by atoms with van der Waals surface area (Å²) in [6, 6.07) is 71.1. The summed E-state index contributed by atoms with van der Waals surface area (Å²) in [7, 11) is -4.92. The van der Waals surface area contributed by atoms with E-state index in [9.17, 15) is 0 Å². The summed E-state index contributed by atoms with van der Waals surface area (Å²) < 4.78 is 0. The van der Waals surface area contributed by atoms with Gasteiger partial charge in [0.1, 0.15) is 39.1 Å². The Kier molecular flexibility index (Phi) is 8.00. The van der Waals surface area contributed by atoms with E-state index >= 15 is 0 Å². The van der Waals surface area contributed by atoms with Gasteiger partial charge in [-0.15, -0.1) is 0 Å². The number of aromatic nitrogens is 1. The van der Waals surface area contributed by atoms with Crippen LogP contribution in [0.2, 0.25) is 0 Å². The van der Waals surface area contributed by atoms with Crippen molar-refractivity contribution in [2.75, 3.05) is 0 Å². The van der Waals surface area contributed by atoms with Crippen molar-refractivity contribution < 1.29 is 0 Å². The molecule has 44 heavy (non-hydrogen) atoms. The molecule has 7 aromatic rings. The molecule has 0 aliphatic rings. The maximum atomic E-state index is 5.50. The van der Waals surface area contributed by atoms with E-state index in [0.717, 1.165) is 5.44 Å². The third-order valence-corrected chi connectivity index (χ3v) is 17.0. The zero-order valence-corrected chi connectivity index (χ0v) is 26.2. The van der Waals surface area contributed by atoms with Gasteiger partial charge in [0.15, 0.2) is 12.6 Å². The molecule has 1 nitrogen and oxygen atoms in total. The molecule has 0 aliphatic carbocycles. The first kappa shape index (κ1) is 28.1. The fraction of sp³-hybridized carbons (Fsp3) is 0. The van der Waals surface area contributed by atoms with E-state index in [0.29, 0.717) is 0 Å². The first-order valence-corrected chi connectivity index (χ1v) is 18.5. The minimum atomic E-state index is -2.48. The molecule has 210 valence electrons. The fourth-order valence-electron chi connectivity index (χ4n) is 6.50. The van der Waals surface area contributed by atoms with Gasteiger partial charge in [-0.1, -0.05) is 109 Å². The largest absolute Gasteiger partial charge is 0.241 e. The predicted molar refractivity (Wildman–Crippen MR) is 194 cm³/mol. The van der Waals surface area contributed by atoms with Crippen molar-refractivity contribution in [3.05, 3.63) is 200 Å². The second kappa shape index (κ2) is 12.5. The summed E-state index contributed by atoms with van der Waals surface area (Å²) in [5.41, 5.74) is 1.16. The summed E-state index contributed by atoms with van der Waals surface area (Å²) in [6.07, 6.45) is 2.00. The number of benzene rings is 6. The molecule has 3 heteroatoms. The van der Waals surface area contributed by atoms with Crippen molar-refractivity contribution >= 4 is 57.1 Å². The van der Waals surface area contributed by atoms with Gasteiger partial charge in [-0.2, -0.15) is 0 Å². The fourth-order valence-corrected chi connectivity index (χ4v) is 15.8. The van der Waals surface area contributed by atoms with E-state index in [1.165, 1.54) is 37.1 Å². The maximum Gasteiger partial charge on any atom is 0.241 e. The summed E-state index contributed by atoms with van der Waals surface area (Å²) in [5, 5.41) is 9.14. The second-order valence-corrected chi connectivity index (χ2v) is 17.4. The molecular formula is C41H33NP2+2. The SMILES string of the molecule is c1ccc([P+](c2ccccc2)(c2ccccc2)c2cccnc2[P+](c2ccccc2)(c2ccccc2)c2ccccc2)cc1. The molecule has 0 bridgehead atoms. The van der Waals surface area contributed by atoms with E-state index in [4.69, 9.17) is 4.98 Å². The molecule has 0 saturated heterocycles. The molecule has 6 aromatic carbocycles. The standard InChI is InChI=1S/C41H33NP2/c1-7-20-34(21-8-1)43(35-22-9-2-10-23-35,36-24-11-3-12-25-36)40-32-19-33-42-41(40)44(37-26-13-4-14-27-37,38-28-15-5-16-29-38)39-30-17-6-18-31-39/h1-33H/q+2. The van der Waals surface area contributed by atoms with Crippen molar-refractivity contribution in [2.45, 2.75) is 0 Å². The van der Waals surface area contributed by atoms with E-state index < -0.39 is 14.5 Å². The second-order valence-electron chi connectivity index (χ2n) is 10.7. The average Bonchev–Trinajstić information content (AvgIpc) is 3.12. The average molecular weight is 602 g/mol. The van der Waals surface area contributed by atoms with Gasteiger partial charge in [0.25, 0.3) is 0 Å². The van der Waals surface area contributed by atoms with Crippen molar-refractivity contribution in [2.24, 2.45) is 0 Å². The van der Waals surface area contributed by atoms with Gasteiger partial charge >= 0.3 is 0 Å². The van der Waals surface area contributed by atoms with Crippen LogP contribution in [0.5, 0.6) is 0 Å². The van der Waals surface area contributed by atoms with Crippen LogP contribution in [-0.2, 0) is 0 Å². The van der Waals surface area contributed by atoms with Crippen LogP contribution in [0.15, 0.2) is 200 Å². The van der Waals surface area contributed by atoms with Crippen molar-refractivity contribution in [3.63, 3.8) is 0 Å². The highest BCUT2D eigenvalue weighted by Gasteiger charge is 2.58. The number of nitrogens with zero attached hydrogens (tertiary/aromatic N) is 1. The Hall–Kier alpha value is -4.67.